The molecule has 0 saturated heterocycles. The molecule has 2 aromatic heterocycles. The highest BCUT2D eigenvalue weighted by Gasteiger charge is 2.30. The van der Waals surface area contributed by atoms with Crippen LogP contribution in [-0.4, -0.2) is 29.0 Å². The molecule has 26 heavy (non-hydrogen) atoms. The molecule has 1 N–H and O–H groups in total. The van der Waals surface area contributed by atoms with Gasteiger partial charge in [0.25, 0.3) is 0 Å². The van der Waals surface area contributed by atoms with Crippen molar-refractivity contribution in [3.05, 3.63) is 41.5 Å². The Hall–Kier alpha value is -2.80. The van der Waals surface area contributed by atoms with E-state index >= 15 is 0 Å². The molecule has 1 aliphatic carbocycles. The third kappa shape index (κ3) is 3.17. The lowest BCUT2D eigenvalue weighted by Crippen LogP contribution is -2.12. The lowest BCUT2D eigenvalue weighted by molar-refractivity contribution is -0.117. The summed E-state index contributed by atoms with van der Waals surface area (Å²) in [7, 11) is 1.36. The van der Waals surface area contributed by atoms with Crippen LogP contribution in [0.4, 0.5) is 5.13 Å². The first-order valence-corrected chi connectivity index (χ1v) is 9.14. The van der Waals surface area contributed by atoms with Gasteiger partial charge in [0.1, 0.15) is 10.3 Å². The van der Waals surface area contributed by atoms with Crippen molar-refractivity contribution in [1.82, 2.24) is 9.97 Å². The lowest BCUT2D eigenvalue weighted by Gasteiger charge is -2.07. The largest absolute Gasteiger partial charge is 0.465 e. The van der Waals surface area contributed by atoms with E-state index in [2.05, 4.69) is 15.3 Å². The Bertz CT molecular complexity index is 1020. The molecule has 0 radical (unpaired) electrons. The van der Waals surface area contributed by atoms with Gasteiger partial charge in [-0.25, -0.2) is 14.8 Å². The summed E-state index contributed by atoms with van der Waals surface area (Å²) in [6.45, 7) is 1.97. The number of carbonyl (C=O) groups excluding carboxylic acids is 2. The standard InChI is InChI=1S/C19H17N3O3S/c1-10-3-4-12(18(24)25-2)9-13(10)14-7-8-15-17(20-14)26-19(21-15)22-16(23)11-5-6-11/h3-4,7-9,11H,5-6H2,1-2H3,(H,21,22,23). The fraction of sp³-hybridized carbons (Fsp3) is 0.263. The van der Waals surface area contributed by atoms with Gasteiger partial charge in [-0.15, -0.1) is 0 Å². The van der Waals surface area contributed by atoms with Gasteiger partial charge in [0.2, 0.25) is 5.91 Å². The van der Waals surface area contributed by atoms with Crippen molar-refractivity contribution in [1.29, 1.82) is 0 Å². The van der Waals surface area contributed by atoms with Crippen LogP contribution in [-0.2, 0) is 9.53 Å². The fourth-order valence-electron chi connectivity index (χ4n) is 2.72. The Balaban J connectivity index is 1.68. The zero-order valence-electron chi connectivity index (χ0n) is 14.4. The van der Waals surface area contributed by atoms with Crippen LogP contribution in [0.25, 0.3) is 21.6 Å². The molecule has 1 aromatic carbocycles. The van der Waals surface area contributed by atoms with Gasteiger partial charge in [0, 0.05) is 11.5 Å². The molecule has 0 aliphatic heterocycles. The first kappa shape index (κ1) is 16.7. The quantitative estimate of drug-likeness (QED) is 0.709. The molecule has 132 valence electrons. The molecular weight excluding hydrogens is 350 g/mol. The van der Waals surface area contributed by atoms with E-state index in [1.165, 1.54) is 18.4 Å². The van der Waals surface area contributed by atoms with Crippen molar-refractivity contribution < 1.29 is 14.3 Å². The number of benzene rings is 1. The van der Waals surface area contributed by atoms with Crippen LogP contribution in [0.15, 0.2) is 30.3 Å². The number of aryl methyl sites for hydroxylation is 1. The van der Waals surface area contributed by atoms with E-state index in [-0.39, 0.29) is 17.8 Å². The van der Waals surface area contributed by atoms with Gasteiger partial charge in [-0.1, -0.05) is 17.4 Å². The van der Waals surface area contributed by atoms with Gasteiger partial charge < -0.3 is 10.1 Å². The number of carbonyl (C=O) groups is 2. The zero-order chi connectivity index (χ0) is 18.3. The zero-order valence-corrected chi connectivity index (χ0v) is 15.2. The first-order chi connectivity index (χ1) is 12.5. The normalized spacial score (nSPS) is 13.6. The predicted molar refractivity (Wildman–Crippen MR) is 100 cm³/mol. The van der Waals surface area contributed by atoms with Crippen molar-refractivity contribution in [3.8, 4) is 11.3 Å². The smallest absolute Gasteiger partial charge is 0.337 e. The summed E-state index contributed by atoms with van der Waals surface area (Å²) >= 11 is 1.35. The fourth-order valence-corrected chi connectivity index (χ4v) is 3.56. The van der Waals surface area contributed by atoms with Gasteiger partial charge in [-0.2, -0.15) is 0 Å². The summed E-state index contributed by atoms with van der Waals surface area (Å²) in [6.07, 6.45) is 1.91. The van der Waals surface area contributed by atoms with Gasteiger partial charge >= 0.3 is 5.97 Å². The number of ether oxygens (including phenoxy) is 1. The van der Waals surface area contributed by atoms with Crippen molar-refractivity contribution in [2.45, 2.75) is 19.8 Å². The Morgan fingerprint density at radius 2 is 2.00 bits per heavy atom. The number of pyridine rings is 1. The Kier molecular flexibility index (Phi) is 4.16. The number of fused-ring (bicyclic) bond motifs is 1. The number of aromatic nitrogens is 2. The highest BCUT2D eigenvalue weighted by molar-refractivity contribution is 7.22. The number of methoxy groups -OCH3 is 1. The Morgan fingerprint density at radius 1 is 1.19 bits per heavy atom. The number of thiazole rings is 1. The van der Waals surface area contributed by atoms with E-state index in [0.717, 1.165) is 40.0 Å². The summed E-state index contributed by atoms with van der Waals surface area (Å²) in [5.41, 5.74) is 3.86. The lowest BCUT2D eigenvalue weighted by atomic mass is 10.0. The highest BCUT2D eigenvalue weighted by Crippen LogP contribution is 2.33. The molecule has 1 fully saturated rings. The average molecular weight is 367 g/mol. The minimum atomic E-state index is -0.379. The molecule has 3 aromatic rings. The highest BCUT2D eigenvalue weighted by atomic mass is 32.1. The maximum Gasteiger partial charge on any atom is 0.337 e. The van der Waals surface area contributed by atoms with E-state index in [4.69, 9.17) is 4.74 Å². The van der Waals surface area contributed by atoms with Gasteiger partial charge in [-0.3, -0.25) is 4.79 Å². The molecular formula is C19H17N3O3S. The number of amides is 1. The molecule has 7 heteroatoms. The predicted octanol–water partition coefficient (Wildman–Crippen LogP) is 3.80. The molecule has 1 amide bonds. The second-order valence-corrected chi connectivity index (χ2v) is 7.30. The van der Waals surface area contributed by atoms with Crippen molar-refractivity contribution in [3.63, 3.8) is 0 Å². The van der Waals surface area contributed by atoms with Crippen LogP contribution in [0.1, 0.15) is 28.8 Å². The molecule has 4 rings (SSSR count). The van der Waals surface area contributed by atoms with Crippen LogP contribution >= 0.6 is 11.3 Å². The van der Waals surface area contributed by atoms with Gasteiger partial charge in [-0.05, 0) is 49.6 Å². The second kappa shape index (κ2) is 6.49. The van der Waals surface area contributed by atoms with Crippen molar-refractivity contribution in [2.75, 3.05) is 12.4 Å². The van der Waals surface area contributed by atoms with Crippen molar-refractivity contribution >= 4 is 38.7 Å². The number of esters is 1. The van der Waals surface area contributed by atoms with Gasteiger partial charge in [0.05, 0.1) is 18.4 Å². The summed E-state index contributed by atoms with van der Waals surface area (Å²) < 4.78 is 4.79. The molecule has 0 spiro atoms. The van der Waals surface area contributed by atoms with E-state index in [1.807, 2.05) is 25.1 Å². The Labute approximate surface area is 154 Å². The summed E-state index contributed by atoms with van der Waals surface area (Å²) in [5, 5.41) is 3.43. The maximum atomic E-state index is 11.9. The number of rotatable bonds is 4. The number of hydrogen-bond donors (Lipinski definition) is 1. The van der Waals surface area contributed by atoms with E-state index in [1.54, 1.807) is 12.1 Å². The number of anilines is 1. The van der Waals surface area contributed by atoms with Crippen molar-refractivity contribution in [2.24, 2.45) is 5.92 Å². The van der Waals surface area contributed by atoms with Crippen LogP contribution in [0.3, 0.4) is 0 Å². The minimum Gasteiger partial charge on any atom is -0.465 e. The average Bonchev–Trinajstić information content (AvgIpc) is 3.42. The van der Waals surface area contributed by atoms with E-state index in [0.29, 0.717) is 10.7 Å². The van der Waals surface area contributed by atoms with Crippen LogP contribution in [0.2, 0.25) is 0 Å². The summed E-state index contributed by atoms with van der Waals surface area (Å²) in [4.78, 5) is 33.6. The molecule has 0 atom stereocenters. The Morgan fingerprint density at radius 3 is 2.73 bits per heavy atom. The van der Waals surface area contributed by atoms with Crippen LogP contribution in [0.5, 0.6) is 0 Å². The maximum absolute atomic E-state index is 11.9. The molecule has 1 aliphatic rings. The second-order valence-electron chi connectivity index (χ2n) is 6.32. The molecule has 1 saturated carbocycles. The first-order valence-electron chi connectivity index (χ1n) is 8.33. The number of nitrogens with zero attached hydrogens (tertiary/aromatic N) is 2. The van der Waals surface area contributed by atoms with Crippen LogP contribution < -0.4 is 5.32 Å². The molecule has 0 bridgehead atoms. The third-order valence-corrected chi connectivity index (χ3v) is 5.25. The van der Waals surface area contributed by atoms with Crippen LogP contribution in [0, 0.1) is 12.8 Å². The molecule has 2 heterocycles. The minimum absolute atomic E-state index is 0.0332. The topological polar surface area (TPSA) is 81.2 Å². The van der Waals surface area contributed by atoms with E-state index < -0.39 is 0 Å². The summed E-state index contributed by atoms with van der Waals surface area (Å²) in [6, 6.07) is 9.15. The third-order valence-electron chi connectivity index (χ3n) is 4.37. The number of nitrogens with one attached hydrogen (secondary N) is 1. The van der Waals surface area contributed by atoms with E-state index in [9.17, 15) is 9.59 Å². The molecule has 6 nitrogen and oxygen atoms in total. The summed E-state index contributed by atoms with van der Waals surface area (Å²) in [5.74, 6) is -0.213. The van der Waals surface area contributed by atoms with Gasteiger partial charge in [0.15, 0.2) is 5.13 Å². The molecule has 0 unspecified atom stereocenters. The number of hydrogen-bond acceptors (Lipinski definition) is 6. The SMILES string of the molecule is COC(=O)c1ccc(C)c(-c2ccc3nc(NC(=O)C4CC4)sc3n2)c1. The monoisotopic (exact) mass is 367 g/mol.